The van der Waals surface area contributed by atoms with E-state index >= 15 is 0 Å². The fraction of sp³-hybridized carbons (Fsp3) is 0.556. The summed E-state index contributed by atoms with van der Waals surface area (Å²) in [5.41, 5.74) is 0. The van der Waals surface area contributed by atoms with Gasteiger partial charge in [-0.1, -0.05) is 6.92 Å². The van der Waals surface area contributed by atoms with E-state index in [1.807, 2.05) is 6.92 Å². The number of aryl methyl sites for hydroxylation is 1. The Hall–Kier alpha value is -2.22. The predicted octanol–water partition coefficient (Wildman–Crippen LogP) is 2.47. The molecule has 8 heteroatoms. The average molecular weight is 376 g/mol. The van der Waals surface area contributed by atoms with Crippen molar-refractivity contribution in [2.75, 3.05) is 31.6 Å². The van der Waals surface area contributed by atoms with Crippen LogP contribution in [0.2, 0.25) is 0 Å². The summed E-state index contributed by atoms with van der Waals surface area (Å²) in [4.78, 5) is 36.8. The maximum absolute atomic E-state index is 12.5. The molecule has 2 aromatic heterocycles. The topological polar surface area (TPSA) is 84.4 Å². The van der Waals surface area contributed by atoms with Crippen molar-refractivity contribution in [3.63, 3.8) is 0 Å². The first-order chi connectivity index (χ1) is 12.6. The van der Waals surface area contributed by atoms with Crippen molar-refractivity contribution >= 4 is 39.2 Å². The van der Waals surface area contributed by atoms with Gasteiger partial charge in [-0.25, -0.2) is 9.97 Å². The molecule has 0 radical (unpaired) electrons. The van der Waals surface area contributed by atoms with E-state index in [1.54, 1.807) is 16.2 Å². The molecule has 0 unspecified atom stereocenters. The number of hydrogen-bond donors (Lipinski definition) is 1. The van der Waals surface area contributed by atoms with E-state index in [4.69, 9.17) is 4.74 Å². The molecule has 0 bridgehead atoms. The molecule has 1 aliphatic rings. The van der Waals surface area contributed by atoms with Crippen LogP contribution in [0.4, 0.5) is 5.82 Å². The first-order valence-electron chi connectivity index (χ1n) is 9.04. The van der Waals surface area contributed by atoms with Crippen LogP contribution in [0, 0.1) is 5.92 Å². The maximum atomic E-state index is 12.5. The van der Waals surface area contributed by atoms with Crippen LogP contribution >= 0.6 is 11.3 Å². The minimum Gasteiger partial charge on any atom is -0.466 e. The van der Waals surface area contributed by atoms with Crippen LogP contribution in [0.15, 0.2) is 12.4 Å². The number of piperidine rings is 1. The third kappa shape index (κ3) is 4.12. The second-order valence-electron chi connectivity index (χ2n) is 6.27. The summed E-state index contributed by atoms with van der Waals surface area (Å²) in [5.74, 6) is 0.475. The van der Waals surface area contributed by atoms with E-state index in [-0.39, 0.29) is 24.3 Å². The van der Waals surface area contributed by atoms with Crippen molar-refractivity contribution in [2.45, 2.75) is 33.1 Å². The van der Waals surface area contributed by atoms with Gasteiger partial charge >= 0.3 is 5.97 Å². The minimum absolute atomic E-state index is 0.0185. The lowest BCUT2D eigenvalue weighted by atomic mass is 9.97. The molecule has 0 atom stereocenters. The molecule has 3 rings (SSSR count). The Kier molecular flexibility index (Phi) is 6.03. The normalized spacial score (nSPS) is 15.2. The number of amides is 1. The summed E-state index contributed by atoms with van der Waals surface area (Å²) in [6, 6.07) is 2.08. The van der Waals surface area contributed by atoms with Gasteiger partial charge < -0.3 is 15.0 Å². The molecule has 26 heavy (non-hydrogen) atoms. The number of esters is 1. The smallest absolute Gasteiger partial charge is 0.309 e. The number of rotatable bonds is 6. The highest BCUT2D eigenvalue weighted by Gasteiger charge is 2.28. The summed E-state index contributed by atoms with van der Waals surface area (Å²) >= 11 is 1.65. The molecule has 2 aromatic rings. The highest BCUT2D eigenvalue weighted by Crippen LogP contribution is 2.28. The number of fused-ring (bicyclic) bond motifs is 1. The quantitative estimate of drug-likeness (QED) is 0.780. The van der Waals surface area contributed by atoms with Gasteiger partial charge in [0, 0.05) is 18.0 Å². The molecule has 0 aromatic carbocycles. The molecule has 1 amide bonds. The molecular weight excluding hydrogens is 352 g/mol. The molecule has 0 spiro atoms. The Morgan fingerprint density at radius 3 is 2.77 bits per heavy atom. The Bertz CT molecular complexity index is 784. The number of aromatic nitrogens is 2. The number of carbonyl (C=O) groups is 2. The summed E-state index contributed by atoms with van der Waals surface area (Å²) in [6.07, 6.45) is 3.80. The summed E-state index contributed by atoms with van der Waals surface area (Å²) in [5, 5.41) is 4.11. The van der Waals surface area contributed by atoms with Gasteiger partial charge in [0.2, 0.25) is 5.91 Å². The number of anilines is 1. The minimum atomic E-state index is -0.148. The molecule has 1 aliphatic heterocycles. The third-order valence-corrected chi connectivity index (χ3v) is 5.79. The van der Waals surface area contributed by atoms with Crippen molar-refractivity contribution in [1.29, 1.82) is 0 Å². The molecule has 7 nitrogen and oxygen atoms in total. The van der Waals surface area contributed by atoms with Crippen LogP contribution < -0.4 is 5.32 Å². The lowest BCUT2D eigenvalue weighted by Crippen LogP contribution is -2.43. The third-order valence-electron chi connectivity index (χ3n) is 4.60. The zero-order valence-electron chi connectivity index (χ0n) is 15.2. The van der Waals surface area contributed by atoms with Crippen LogP contribution in [0.1, 0.15) is 31.6 Å². The number of ether oxygens (including phenoxy) is 1. The largest absolute Gasteiger partial charge is 0.466 e. The summed E-state index contributed by atoms with van der Waals surface area (Å²) in [7, 11) is 0. The highest BCUT2D eigenvalue weighted by atomic mass is 32.1. The molecule has 3 heterocycles. The van der Waals surface area contributed by atoms with Crippen molar-refractivity contribution in [3.05, 3.63) is 17.3 Å². The zero-order valence-corrected chi connectivity index (χ0v) is 16.0. The number of nitrogens with one attached hydrogen (secondary N) is 1. The fourth-order valence-electron chi connectivity index (χ4n) is 3.12. The van der Waals surface area contributed by atoms with Gasteiger partial charge in [0.05, 0.1) is 24.5 Å². The lowest BCUT2D eigenvalue weighted by Gasteiger charge is -2.31. The van der Waals surface area contributed by atoms with E-state index in [0.29, 0.717) is 38.4 Å². The van der Waals surface area contributed by atoms with Gasteiger partial charge in [0.15, 0.2) is 0 Å². The molecule has 1 N–H and O–H groups in total. The second kappa shape index (κ2) is 8.44. The number of hydrogen-bond acceptors (Lipinski definition) is 7. The van der Waals surface area contributed by atoms with Gasteiger partial charge in [-0.3, -0.25) is 9.59 Å². The van der Waals surface area contributed by atoms with Crippen molar-refractivity contribution in [2.24, 2.45) is 5.92 Å². The predicted molar refractivity (Wildman–Crippen MR) is 101 cm³/mol. The van der Waals surface area contributed by atoms with Crippen molar-refractivity contribution < 1.29 is 14.3 Å². The van der Waals surface area contributed by atoms with Gasteiger partial charge in [0.1, 0.15) is 17.0 Å². The Morgan fingerprint density at radius 2 is 2.08 bits per heavy atom. The lowest BCUT2D eigenvalue weighted by molar-refractivity contribution is -0.151. The van der Waals surface area contributed by atoms with E-state index in [2.05, 4.69) is 28.3 Å². The fourth-order valence-corrected chi connectivity index (χ4v) is 4.05. The van der Waals surface area contributed by atoms with Gasteiger partial charge in [-0.15, -0.1) is 11.3 Å². The summed E-state index contributed by atoms with van der Waals surface area (Å²) < 4.78 is 5.07. The average Bonchev–Trinajstić information content (AvgIpc) is 3.10. The molecule has 1 fully saturated rings. The highest BCUT2D eigenvalue weighted by molar-refractivity contribution is 7.18. The number of likely N-dealkylation sites (tertiary alicyclic amines) is 1. The molecule has 1 saturated heterocycles. The Balaban J connectivity index is 1.55. The number of thiophene rings is 1. The van der Waals surface area contributed by atoms with Crippen LogP contribution in [-0.4, -0.2) is 53.0 Å². The van der Waals surface area contributed by atoms with E-state index < -0.39 is 0 Å². The molecule has 0 aliphatic carbocycles. The SMILES string of the molecule is CCOC(=O)C1CCN(C(=O)CNc2ncnc3sc(CC)cc23)CC1. The van der Waals surface area contributed by atoms with Crippen LogP contribution in [-0.2, 0) is 20.7 Å². The number of nitrogens with zero attached hydrogens (tertiary/aromatic N) is 3. The molecule has 140 valence electrons. The monoisotopic (exact) mass is 376 g/mol. The van der Waals surface area contributed by atoms with Crippen molar-refractivity contribution in [1.82, 2.24) is 14.9 Å². The Morgan fingerprint density at radius 1 is 1.31 bits per heavy atom. The van der Waals surface area contributed by atoms with E-state index in [1.165, 1.54) is 11.2 Å². The van der Waals surface area contributed by atoms with Gasteiger partial charge in [-0.2, -0.15) is 0 Å². The van der Waals surface area contributed by atoms with E-state index in [9.17, 15) is 9.59 Å². The van der Waals surface area contributed by atoms with Gasteiger partial charge in [0.25, 0.3) is 0 Å². The Labute approximate surface area is 156 Å². The van der Waals surface area contributed by atoms with Crippen molar-refractivity contribution in [3.8, 4) is 0 Å². The number of carbonyl (C=O) groups excluding carboxylic acids is 2. The van der Waals surface area contributed by atoms with Crippen LogP contribution in [0.3, 0.4) is 0 Å². The van der Waals surface area contributed by atoms with E-state index in [0.717, 1.165) is 16.6 Å². The van der Waals surface area contributed by atoms with Gasteiger partial charge in [-0.05, 0) is 32.3 Å². The first kappa shape index (κ1) is 18.6. The second-order valence-corrected chi connectivity index (χ2v) is 7.38. The standard InChI is InChI=1S/C18H24N4O3S/c1-3-13-9-14-16(20-11-21-17(14)26-13)19-10-15(23)22-7-5-12(6-8-22)18(24)25-4-2/h9,11-12H,3-8,10H2,1-2H3,(H,19,20,21). The maximum Gasteiger partial charge on any atom is 0.309 e. The van der Waals surface area contributed by atoms with Crippen LogP contribution in [0.25, 0.3) is 10.2 Å². The van der Waals surface area contributed by atoms with Crippen LogP contribution in [0.5, 0.6) is 0 Å². The first-order valence-corrected chi connectivity index (χ1v) is 9.85. The summed E-state index contributed by atoms with van der Waals surface area (Å²) in [6.45, 7) is 5.67. The molecule has 0 saturated carbocycles. The molecular formula is C18H24N4O3S. The zero-order chi connectivity index (χ0) is 18.5.